The van der Waals surface area contributed by atoms with Gasteiger partial charge in [-0.3, -0.25) is 0 Å². The molecule has 1 saturated heterocycles. The normalized spacial score (nSPS) is 24.5. The van der Waals surface area contributed by atoms with E-state index in [9.17, 15) is 4.80 Å². The molecule has 0 spiro atoms. The maximum absolute atomic E-state index is 12.4. The van der Waals surface area contributed by atoms with Crippen LogP contribution in [0.1, 0.15) is 71.6 Å². The molecular formula is C29H42O3Si. The van der Waals surface area contributed by atoms with E-state index in [2.05, 4.69) is 62.4 Å². The Bertz CT molecular complexity index is 793. The molecule has 1 saturated carbocycles. The number of ether oxygens (including phenoxy) is 2. The van der Waals surface area contributed by atoms with Gasteiger partial charge in [-0.15, -0.1) is 0 Å². The first-order valence-electron chi connectivity index (χ1n) is 13.1. The predicted molar refractivity (Wildman–Crippen MR) is 138 cm³/mol. The third kappa shape index (κ3) is 5.97. The molecule has 2 aromatic carbocycles. The van der Waals surface area contributed by atoms with Crippen LogP contribution in [0.15, 0.2) is 60.7 Å². The molecule has 2 fully saturated rings. The maximum Gasteiger partial charge on any atom is 0.258 e. The Morgan fingerprint density at radius 2 is 1.52 bits per heavy atom. The fourth-order valence-electron chi connectivity index (χ4n) is 5.95. The zero-order valence-corrected chi connectivity index (χ0v) is 21.5. The highest BCUT2D eigenvalue weighted by Gasteiger charge is 2.49. The lowest BCUT2D eigenvalue weighted by Crippen LogP contribution is -2.65. The highest BCUT2D eigenvalue weighted by molar-refractivity contribution is 6.98. The number of hydrogen-bond acceptors (Lipinski definition) is 3. The Morgan fingerprint density at radius 3 is 2.12 bits per heavy atom. The standard InChI is InChI=1S/C29H42O3Si/c1-29(2,33(30,26-14-5-3-6-15-26)27-16-7-4-8-17-27)20-19-24-12-11-13-25(22-24)23-32-28-18-9-10-21-31-28/h3-8,14-17,24-25,28,30H,9-13,18-23H2,1-2H3/t24-,25-,28?/m0/s1. The quantitative estimate of drug-likeness (QED) is 0.486. The third-order valence-electron chi connectivity index (χ3n) is 8.09. The Labute approximate surface area is 201 Å². The van der Waals surface area contributed by atoms with Gasteiger partial charge < -0.3 is 14.3 Å². The van der Waals surface area contributed by atoms with Crippen LogP contribution in [0.2, 0.25) is 5.04 Å². The second kappa shape index (κ2) is 11.3. The van der Waals surface area contributed by atoms with Gasteiger partial charge in [0.05, 0.1) is 6.61 Å². The van der Waals surface area contributed by atoms with Crippen molar-refractivity contribution in [3.8, 4) is 0 Å². The van der Waals surface area contributed by atoms with Crippen molar-refractivity contribution in [3.63, 3.8) is 0 Å². The monoisotopic (exact) mass is 466 g/mol. The van der Waals surface area contributed by atoms with Crippen molar-refractivity contribution in [2.24, 2.45) is 11.8 Å². The van der Waals surface area contributed by atoms with E-state index in [-0.39, 0.29) is 11.3 Å². The molecule has 33 heavy (non-hydrogen) atoms. The summed E-state index contributed by atoms with van der Waals surface area (Å²) < 4.78 is 11.9. The highest BCUT2D eigenvalue weighted by atomic mass is 28.4. The summed E-state index contributed by atoms with van der Waals surface area (Å²) in [7, 11) is -2.91. The molecule has 180 valence electrons. The van der Waals surface area contributed by atoms with Gasteiger partial charge in [-0.1, -0.05) is 93.8 Å². The second-order valence-corrected chi connectivity index (χ2v) is 14.8. The van der Waals surface area contributed by atoms with E-state index < -0.39 is 8.32 Å². The fourth-order valence-corrected chi connectivity index (χ4v) is 9.71. The summed E-state index contributed by atoms with van der Waals surface area (Å²) in [6, 6.07) is 20.8. The molecule has 1 N–H and O–H groups in total. The van der Waals surface area contributed by atoms with Crippen LogP contribution in [-0.4, -0.2) is 32.6 Å². The van der Waals surface area contributed by atoms with E-state index in [1.165, 1.54) is 44.9 Å². The molecule has 0 amide bonds. The molecule has 0 aromatic heterocycles. The first-order valence-corrected chi connectivity index (χ1v) is 15.0. The maximum atomic E-state index is 12.4. The van der Waals surface area contributed by atoms with E-state index in [4.69, 9.17) is 9.47 Å². The van der Waals surface area contributed by atoms with Crippen LogP contribution in [0.25, 0.3) is 0 Å². The molecule has 2 aromatic rings. The van der Waals surface area contributed by atoms with Crippen LogP contribution in [-0.2, 0) is 9.47 Å². The van der Waals surface area contributed by atoms with Gasteiger partial charge in [-0.2, -0.15) is 0 Å². The van der Waals surface area contributed by atoms with Crippen LogP contribution in [0.3, 0.4) is 0 Å². The molecule has 3 atom stereocenters. The van der Waals surface area contributed by atoms with Crippen LogP contribution < -0.4 is 10.4 Å². The van der Waals surface area contributed by atoms with Crippen LogP contribution >= 0.6 is 0 Å². The van der Waals surface area contributed by atoms with Crippen molar-refractivity contribution in [1.29, 1.82) is 0 Å². The van der Waals surface area contributed by atoms with Gasteiger partial charge in [0.2, 0.25) is 0 Å². The van der Waals surface area contributed by atoms with Crippen molar-refractivity contribution in [3.05, 3.63) is 60.7 Å². The second-order valence-electron chi connectivity index (χ2n) is 10.9. The third-order valence-corrected chi connectivity index (χ3v) is 12.6. The topological polar surface area (TPSA) is 38.7 Å². The SMILES string of the molecule is CC(C)(CC[C@@H]1CCC[C@H](COC2CCCCO2)C1)[Si](O)(c1ccccc1)c1ccccc1. The van der Waals surface area contributed by atoms with Crippen molar-refractivity contribution in [2.45, 2.75) is 83.0 Å². The van der Waals surface area contributed by atoms with Gasteiger partial charge in [-0.05, 0) is 65.8 Å². The lowest BCUT2D eigenvalue weighted by Gasteiger charge is -2.42. The molecule has 1 aliphatic carbocycles. The van der Waals surface area contributed by atoms with Crippen molar-refractivity contribution < 1.29 is 14.3 Å². The molecular weight excluding hydrogens is 424 g/mol. The van der Waals surface area contributed by atoms with Gasteiger partial charge in [0.15, 0.2) is 6.29 Å². The summed E-state index contributed by atoms with van der Waals surface area (Å²) in [5.74, 6) is 1.38. The summed E-state index contributed by atoms with van der Waals surface area (Å²) in [5, 5.41) is 2.07. The summed E-state index contributed by atoms with van der Waals surface area (Å²) in [6.07, 6.45) is 10.8. The zero-order chi connectivity index (χ0) is 23.2. The minimum absolute atomic E-state index is 0.0239. The molecule has 1 aliphatic heterocycles. The van der Waals surface area contributed by atoms with Crippen LogP contribution in [0, 0.1) is 11.8 Å². The average molecular weight is 467 g/mol. The van der Waals surface area contributed by atoms with Crippen molar-refractivity contribution >= 4 is 18.7 Å². The van der Waals surface area contributed by atoms with E-state index >= 15 is 0 Å². The summed E-state index contributed by atoms with van der Waals surface area (Å²) in [4.78, 5) is 12.4. The molecule has 0 bridgehead atoms. The van der Waals surface area contributed by atoms with Crippen LogP contribution in [0.5, 0.6) is 0 Å². The van der Waals surface area contributed by atoms with E-state index in [0.29, 0.717) is 5.92 Å². The Hall–Kier alpha value is -1.46. The predicted octanol–water partition coefficient (Wildman–Crippen LogP) is 5.65. The number of hydrogen-bond donors (Lipinski definition) is 1. The Morgan fingerprint density at radius 1 is 0.879 bits per heavy atom. The number of benzene rings is 2. The lowest BCUT2D eigenvalue weighted by atomic mass is 9.79. The average Bonchev–Trinajstić information content (AvgIpc) is 2.87. The minimum atomic E-state index is -2.91. The van der Waals surface area contributed by atoms with Gasteiger partial charge in [0.1, 0.15) is 0 Å². The number of rotatable bonds is 9. The molecule has 4 rings (SSSR count). The van der Waals surface area contributed by atoms with Gasteiger partial charge >= 0.3 is 0 Å². The minimum Gasteiger partial charge on any atom is -0.424 e. The van der Waals surface area contributed by atoms with Gasteiger partial charge in [0, 0.05) is 6.61 Å². The van der Waals surface area contributed by atoms with E-state index in [1.807, 2.05) is 12.1 Å². The summed E-state index contributed by atoms with van der Waals surface area (Å²) in [5.41, 5.74) is 0. The molecule has 4 heteroatoms. The molecule has 1 unspecified atom stereocenters. The largest absolute Gasteiger partial charge is 0.424 e. The highest BCUT2D eigenvalue weighted by Crippen LogP contribution is 2.43. The smallest absolute Gasteiger partial charge is 0.258 e. The van der Waals surface area contributed by atoms with Crippen molar-refractivity contribution in [2.75, 3.05) is 13.2 Å². The van der Waals surface area contributed by atoms with Crippen molar-refractivity contribution in [1.82, 2.24) is 0 Å². The van der Waals surface area contributed by atoms with Gasteiger partial charge in [-0.25, -0.2) is 0 Å². The Kier molecular flexibility index (Phi) is 8.45. The summed E-state index contributed by atoms with van der Waals surface area (Å²) >= 11 is 0. The molecule has 1 heterocycles. The molecule has 0 radical (unpaired) electrons. The first-order chi connectivity index (χ1) is 16.0. The zero-order valence-electron chi connectivity index (χ0n) is 20.5. The van der Waals surface area contributed by atoms with E-state index in [1.54, 1.807) is 0 Å². The Balaban J connectivity index is 1.40. The van der Waals surface area contributed by atoms with Crippen LogP contribution in [0.4, 0.5) is 0 Å². The van der Waals surface area contributed by atoms with Gasteiger partial charge in [0.25, 0.3) is 8.32 Å². The lowest BCUT2D eigenvalue weighted by molar-refractivity contribution is -0.171. The molecule has 3 nitrogen and oxygen atoms in total. The fraction of sp³-hybridized carbons (Fsp3) is 0.586. The molecule has 2 aliphatic rings. The first kappa shape index (κ1) is 24.7. The summed E-state index contributed by atoms with van der Waals surface area (Å²) in [6.45, 7) is 6.28. The van der Waals surface area contributed by atoms with E-state index in [0.717, 1.165) is 42.3 Å².